The lowest BCUT2D eigenvalue weighted by Gasteiger charge is -2.35. The highest BCUT2D eigenvalue weighted by Crippen LogP contribution is 2.54. The van der Waals surface area contributed by atoms with Gasteiger partial charge in [-0.15, -0.1) is 0 Å². The molecule has 9 heteroatoms. The van der Waals surface area contributed by atoms with Gasteiger partial charge < -0.3 is 28.4 Å². The molecular weight excluding hydrogens is 576 g/mol. The monoisotopic (exact) mass is 594 g/mol. The molecule has 0 radical (unpaired) electrons. The molecule has 2 aromatic carbocycles. The molecule has 0 aliphatic carbocycles. The van der Waals surface area contributed by atoms with E-state index in [1.54, 1.807) is 35.5 Å². The highest BCUT2D eigenvalue weighted by atomic mass is 79.9. The molecular formula is C20H21Br3O6. The Morgan fingerprint density at radius 1 is 0.828 bits per heavy atom. The molecule has 0 aromatic heterocycles. The van der Waals surface area contributed by atoms with E-state index in [-0.39, 0.29) is 6.10 Å². The number of benzene rings is 2. The van der Waals surface area contributed by atoms with Gasteiger partial charge in [-0.2, -0.15) is 0 Å². The number of fused-ring (bicyclic) bond motifs is 1. The average Bonchev–Trinajstić information content (AvgIpc) is 2.73. The van der Waals surface area contributed by atoms with Crippen LogP contribution >= 0.6 is 47.8 Å². The van der Waals surface area contributed by atoms with E-state index in [2.05, 4.69) is 47.8 Å². The molecule has 6 nitrogen and oxygen atoms in total. The molecule has 1 aliphatic rings. The van der Waals surface area contributed by atoms with Crippen LogP contribution in [0.3, 0.4) is 0 Å². The van der Waals surface area contributed by atoms with E-state index in [0.717, 1.165) is 20.1 Å². The van der Waals surface area contributed by atoms with Gasteiger partial charge in [0.2, 0.25) is 0 Å². The van der Waals surface area contributed by atoms with Gasteiger partial charge in [-0.1, -0.05) is 15.9 Å². The maximum Gasteiger partial charge on any atom is 0.161 e. The zero-order valence-corrected chi connectivity index (χ0v) is 21.4. The van der Waals surface area contributed by atoms with Crippen LogP contribution < -0.4 is 23.7 Å². The Hall–Kier alpha value is -1.16. The Labute approximate surface area is 195 Å². The molecule has 29 heavy (non-hydrogen) atoms. The minimum Gasteiger partial charge on any atom is -0.495 e. The molecule has 158 valence electrons. The lowest BCUT2D eigenvalue weighted by Crippen LogP contribution is -2.33. The van der Waals surface area contributed by atoms with E-state index in [4.69, 9.17) is 28.4 Å². The number of hydrogen-bond acceptors (Lipinski definition) is 6. The van der Waals surface area contributed by atoms with E-state index in [1.807, 2.05) is 12.1 Å². The number of ether oxygens (including phenoxy) is 6. The van der Waals surface area contributed by atoms with Crippen molar-refractivity contribution in [3.63, 3.8) is 0 Å². The first-order valence-electron chi connectivity index (χ1n) is 8.64. The maximum absolute atomic E-state index is 6.47. The molecule has 0 fully saturated rings. The van der Waals surface area contributed by atoms with Crippen molar-refractivity contribution >= 4 is 47.8 Å². The fourth-order valence-corrected chi connectivity index (χ4v) is 5.71. The Morgan fingerprint density at radius 2 is 1.45 bits per heavy atom. The molecule has 0 unspecified atom stereocenters. The summed E-state index contributed by atoms with van der Waals surface area (Å²) in [5.74, 6) is 3.15. The van der Waals surface area contributed by atoms with Crippen molar-refractivity contribution in [2.75, 3.05) is 35.5 Å². The molecule has 3 rings (SSSR count). The molecule has 2 aromatic rings. The van der Waals surface area contributed by atoms with Gasteiger partial charge in [-0.3, -0.25) is 0 Å². The van der Waals surface area contributed by atoms with E-state index < -0.39 is 6.10 Å². The molecule has 0 spiro atoms. The van der Waals surface area contributed by atoms with Crippen molar-refractivity contribution in [3.05, 3.63) is 36.7 Å². The molecule has 0 bridgehead atoms. The molecule has 2 atom stereocenters. The van der Waals surface area contributed by atoms with Crippen LogP contribution in [0.5, 0.6) is 28.7 Å². The van der Waals surface area contributed by atoms with Crippen LogP contribution in [0, 0.1) is 0 Å². The van der Waals surface area contributed by atoms with Gasteiger partial charge in [0, 0.05) is 29.1 Å². The van der Waals surface area contributed by atoms with Gasteiger partial charge in [-0.05, 0) is 44.0 Å². The fraction of sp³-hybridized carbons (Fsp3) is 0.400. The summed E-state index contributed by atoms with van der Waals surface area (Å²) in [5, 5.41) is 0. The molecule has 1 aliphatic heterocycles. The molecule has 0 amide bonds. The summed E-state index contributed by atoms with van der Waals surface area (Å²) in [7, 11) is 8.08. The van der Waals surface area contributed by atoms with Gasteiger partial charge >= 0.3 is 0 Å². The van der Waals surface area contributed by atoms with Gasteiger partial charge in [-0.25, -0.2) is 0 Å². The van der Waals surface area contributed by atoms with Crippen LogP contribution in [0.4, 0.5) is 0 Å². The van der Waals surface area contributed by atoms with Gasteiger partial charge in [0.05, 0.1) is 28.4 Å². The molecule has 0 N–H and O–H groups in total. The van der Waals surface area contributed by atoms with Crippen molar-refractivity contribution in [1.29, 1.82) is 0 Å². The normalized spacial score (nSPS) is 17.9. The first-order valence-corrected chi connectivity index (χ1v) is 11.0. The van der Waals surface area contributed by atoms with Crippen molar-refractivity contribution in [1.82, 2.24) is 0 Å². The predicted molar refractivity (Wildman–Crippen MR) is 120 cm³/mol. The van der Waals surface area contributed by atoms with Crippen molar-refractivity contribution in [2.24, 2.45) is 0 Å². The highest BCUT2D eigenvalue weighted by molar-refractivity contribution is 9.11. The number of hydrogen-bond donors (Lipinski definition) is 0. The van der Waals surface area contributed by atoms with Crippen molar-refractivity contribution < 1.29 is 28.4 Å². The average molecular weight is 597 g/mol. The Bertz CT molecular complexity index is 918. The Balaban J connectivity index is 2.17. The molecule has 1 heterocycles. The lowest BCUT2D eigenvalue weighted by molar-refractivity contribution is -0.0130. The maximum atomic E-state index is 6.47. The van der Waals surface area contributed by atoms with Crippen LogP contribution in [0.2, 0.25) is 0 Å². The first kappa shape index (κ1) is 22.5. The van der Waals surface area contributed by atoms with Crippen LogP contribution in [0.25, 0.3) is 0 Å². The van der Waals surface area contributed by atoms with Crippen LogP contribution in [0.15, 0.2) is 25.6 Å². The van der Waals surface area contributed by atoms with Gasteiger partial charge in [0.15, 0.2) is 23.4 Å². The number of rotatable bonds is 6. The SMILES string of the molecule is COc1cc(Br)c([C@H]2Oc3c(Br)c(OC)c(Br)c(OC)c3C[C@@H]2OC)cc1OC. The van der Waals surface area contributed by atoms with Gasteiger partial charge in [0.25, 0.3) is 0 Å². The zero-order valence-electron chi connectivity index (χ0n) is 16.6. The van der Waals surface area contributed by atoms with Crippen LogP contribution in [0.1, 0.15) is 17.2 Å². The third kappa shape index (κ3) is 3.94. The second-order valence-electron chi connectivity index (χ2n) is 6.25. The summed E-state index contributed by atoms with van der Waals surface area (Å²) in [6, 6.07) is 3.75. The predicted octanol–water partition coefficient (Wildman–Crippen LogP) is 5.70. The second-order valence-corrected chi connectivity index (χ2v) is 8.69. The third-order valence-corrected chi connectivity index (χ3v) is 6.98. The van der Waals surface area contributed by atoms with Crippen LogP contribution in [-0.2, 0) is 11.2 Å². The minimum atomic E-state index is -0.395. The van der Waals surface area contributed by atoms with E-state index in [9.17, 15) is 0 Å². The van der Waals surface area contributed by atoms with Gasteiger partial charge in [0.1, 0.15) is 26.5 Å². The molecule has 0 saturated carbocycles. The van der Waals surface area contributed by atoms with E-state index in [0.29, 0.717) is 39.6 Å². The standard InChI is InChI=1S/C20H21Br3O6/c1-24-12-6-9(11(21)8-13(12)25-2)17-14(26-3)7-10-18(27-4)15(22)20(28-5)16(23)19(10)29-17/h6,8,14,17H,7H2,1-5H3/t14-,17+/m0/s1. The summed E-state index contributed by atoms with van der Waals surface area (Å²) in [6.45, 7) is 0. The largest absolute Gasteiger partial charge is 0.495 e. The topological polar surface area (TPSA) is 55.4 Å². The van der Waals surface area contributed by atoms with E-state index in [1.165, 1.54) is 0 Å². The Morgan fingerprint density at radius 3 is 2.00 bits per heavy atom. The summed E-state index contributed by atoms with van der Waals surface area (Å²) in [6.07, 6.45) is -0.0617. The Kier molecular flexibility index (Phi) is 7.24. The summed E-state index contributed by atoms with van der Waals surface area (Å²) in [4.78, 5) is 0. The van der Waals surface area contributed by atoms with Crippen molar-refractivity contribution in [2.45, 2.75) is 18.6 Å². The summed E-state index contributed by atoms with van der Waals surface area (Å²) in [5.41, 5.74) is 1.78. The number of methoxy groups -OCH3 is 5. The van der Waals surface area contributed by atoms with Crippen LogP contribution in [-0.4, -0.2) is 41.7 Å². The summed E-state index contributed by atoms with van der Waals surface area (Å²) >= 11 is 10.8. The minimum absolute atomic E-state index is 0.252. The second kappa shape index (κ2) is 9.32. The quantitative estimate of drug-likeness (QED) is 0.427. The smallest absolute Gasteiger partial charge is 0.161 e. The first-order chi connectivity index (χ1) is 13.9. The van der Waals surface area contributed by atoms with Crippen molar-refractivity contribution in [3.8, 4) is 28.7 Å². The highest BCUT2D eigenvalue weighted by Gasteiger charge is 2.38. The summed E-state index contributed by atoms with van der Waals surface area (Å²) < 4.78 is 36.6. The lowest BCUT2D eigenvalue weighted by atomic mass is 9.93. The zero-order chi connectivity index (χ0) is 21.3. The third-order valence-electron chi connectivity index (χ3n) is 4.85. The van der Waals surface area contributed by atoms with E-state index >= 15 is 0 Å². The fourth-order valence-electron chi connectivity index (χ4n) is 3.44. The molecule has 0 saturated heterocycles. The number of halogens is 3.